The molecule has 0 aromatic heterocycles. The number of aromatic hydroxyl groups is 1. The van der Waals surface area contributed by atoms with Crippen molar-refractivity contribution in [2.75, 3.05) is 14.2 Å². The first kappa shape index (κ1) is 11.6. The summed E-state index contributed by atoms with van der Waals surface area (Å²) in [5, 5.41) is 9.81. The van der Waals surface area contributed by atoms with E-state index in [1.54, 1.807) is 6.92 Å². The molecule has 1 aromatic carbocycles. The minimum atomic E-state index is -0.240. The van der Waals surface area contributed by atoms with Crippen molar-refractivity contribution >= 4 is 5.78 Å². The zero-order valence-corrected chi connectivity index (χ0v) is 9.94. The van der Waals surface area contributed by atoms with E-state index in [2.05, 4.69) is 0 Å². The van der Waals surface area contributed by atoms with Crippen LogP contribution in [0.1, 0.15) is 23.7 Å². The van der Waals surface area contributed by atoms with Gasteiger partial charge in [0.25, 0.3) is 0 Å². The lowest BCUT2D eigenvalue weighted by molar-refractivity contribution is 0.0858. The fourth-order valence-corrected chi connectivity index (χ4v) is 1.94. The quantitative estimate of drug-likeness (QED) is 0.850. The number of methoxy groups -OCH3 is 2. The number of ketones is 1. The number of ether oxygens (including phenoxy) is 3. The Bertz CT molecular complexity index is 466. The Kier molecular flexibility index (Phi) is 2.83. The second-order valence-electron chi connectivity index (χ2n) is 3.89. The number of phenolic OH excluding ortho intramolecular Hbond substituents is 1. The van der Waals surface area contributed by atoms with Gasteiger partial charge in [0.05, 0.1) is 14.2 Å². The normalized spacial score (nSPS) is 18.3. The molecule has 1 atom stereocenters. The van der Waals surface area contributed by atoms with E-state index in [0.717, 1.165) is 0 Å². The van der Waals surface area contributed by atoms with Gasteiger partial charge in [0.2, 0.25) is 5.75 Å². The SMILES string of the molecule is COc1cc(O)c2c(c1OC)OC(C)CC2=O. The lowest BCUT2D eigenvalue weighted by Crippen LogP contribution is -2.24. The Labute approximate surface area is 98.9 Å². The Hall–Kier alpha value is -1.91. The van der Waals surface area contributed by atoms with Gasteiger partial charge in [-0.05, 0) is 6.92 Å². The molecule has 0 fully saturated rings. The number of hydrogen-bond donors (Lipinski definition) is 1. The maximum atomic E-state index is 11.8. The summed E-state index contributed by atoms with van der Waals surface area (Å²) in [6.45, 7) is 1.79. The molecular weight excluding hydrogens is 224 g/mol. The summed E-state index contributed by atoms with van der Waals surface area (Å²) in [6.07, 6.45) is 0.00571. The van der Waals surface area contributed by atoms with Gasteiger partial charge in [-0.3, -0.25) is 4.79 Å². The van der Waals surface area contributed by atoms with Crippen LogP contribution in [0.2, 0.25) is 0 Å². The second-order valence-corrected chi connectivity index (χ2v) is 3.89. The van der Waals surface area contributed by atoms with Crippen LogP contribution in [-0.4, -0.2) is 31.2 Å². The molecule has 0 saturated carbocycles. The lowest BCUT2D eigenvalue weighted by atomic mass is 9.99. The number of phenols is 1. The van der Waals surface area contributed by atoms with Crippen LogP contribution in [0.4, 0.5) is 0 Å². The molecule has 0 saturated heterocycles. The molecule has 1 aromatic rings. The van der Waals surface area contributed by atoms with Crippen LogP contribution in [0.15, 0.2) is 6.07 Å². The average Bonchev–Trinajstić information content (AvgIpc) is 2.27. The average molecular weight is 238 g/mol. The Morgan fingerprint density at radius 3 is 2.71 bits per heavy atom. The molecule has 0 aliphatic carbocycles. The Morgan fingerprint density at radius 2 is 2.12 bits per heavy atom. The molecule has 5 heteroatoms. The minimum Gasteiger partial charge on any atom is -0.507 e. The van der Waals surface area contributed by atoms with Crippen LogP contribution in [-0.2, 0) is 0 Å². The molecule has 1 heterocycles. The number of carbonyl (C=O) groups excluding carboxylic acids is 1. The summed E-state index contributed by atoms with van der Waals surface area (Å²) in [4.78, 5) is 11.8. The van der Waals surface area contributed by atoms with Crippen molar-refractivity contribution in [3.63, 3.8) is 0 Å². The minimum absolute atomic E-state index is 0.144. The number of carbonyl (C=O) groups is 1. The summed E-state index contributed by atoms with van der Waals surface area (Å²) in [5.41, 5.74) is 0.167. The molecule has 0 spiro atoms. The first-order valence-corrected chi connectivity index (χ1v) is 5.26. The molecule has 92 valence electrons. The van der Waals surface area contributed by atoms with Crippen LogP contribution in [0.25, 0.3) is 0 Å². The summed E-state index contributed by atoms with van der Waals surface area (Å²) >= 11 is 0. The molecule has 17 heavy (non-hydrogen) atoms. The standard InChI is InChI=1S/C12H14O5/c1-6-4-7(13)10-8(14)5-9(15-2)11(16-3)12(10)17-6/h5-6,14H,4H2,1-3H3. The van der Waals surface area contributed by atoms with E-state index < -0.39 is 0 Å². The van der Waals surface area contributed by atoms with E-state index in [0.29, 0.717) is 11.5 Å². The van der Waals surface area contributed by atoms with Crippen molar-refractivity contribution in [3.8, 4) is 23.0 Å². The van der Waals surface area contributed by atoms with E-state index in [1.807, 2.05) is 0 Å². The fraction of sp³-hybridized carbons (Fsp3) is 0.417. The van der Waals surface area contributed by atoms with E-state index >= 15 is 0 Å². The fourth-order valence-electron chi connectivity index (χ4n) is 1.94. The molecule has 0 amide bonds. The summed E-state index contributed by atoms with van der Waals surface area (Å²) in [7, 11) is 2.92. The van der Waals surface area contributed by atoms with Crippen LogP contribution in [0.5, 0.6) is 23.0 Å². The van der Waals surface area contributed by atoms with Gasteiger partial charge in [0.15, 0.2) is 17.3 Å². The molecule has 1 N–H and O–H groups in total. The maximum Gasteiger partial charge on any atom is 0.204 e. The van der Waals surface area contributed by atoms with E-state index in [1.165, 1.54) is 20.3 Å². The van der Waals surface area contributed by atoms with Gasteiger partial charge in [0.1, 0.15) is 17.4 Å². The zero-order chi connectivity index (χ0) is 12.6. The third-order valence-corrected chi connectivity index (χ3v) is 2.68. The number of rotatable bonds is 2. The molecular formula is C12H14O5. The van der Waals surface area contributed by atoms with Crippen molar-refractivity contribution in [1.82, 2.24) is 0 Å². The highest BCUT2D eigenvalue weighted by molar-refractivity contribution is 6.03. The second kappa shape index (κ2) is 4.16. The van der Waals surface area contributed by atoms with Crippen LogP contribution < -0.4 is 14.2 Å². The Balaban J connectivity index is 2.68. The van der Waals surface area contributed by atoms with E-state index in [4.69, 9.17) is 14.2 Å². The third-order valence-electron chi connectivity index (χ3n) is 2.68. The number of Topliss-reactive ketones (excluding diaryl/α,β-unsaturated/α-hetero) is 1. The monoisotopic (exact) mass is 238 g/mol. The molecule has 0 radical (unpaired) electrons. The van der Waals surface area contributed by atoms with Gasteiger partial charge < -0.3 is 19.3 Å². The first-order valence-electron chi connectivity index (χ1n) is 5.26. The van der Waals surface area contributed by atoms with Gasteiger partial charge in [-0.15, -0.1) is 0 Å². The number of hydrogen-bond acceptors (Lipinski definition) is 5. The van der Waals surface area contributed by atoms with Crippen molar-refractivity contribution in [1.29, 1.82) is 0 Å². The highest BCUT2D eigenvalue weighted by Crippen LogP contribution is 2.47. The van der Waals surface area contributed by atoms with E-state index in [9.17, 15) is 9.90 Å². The van der Waals surface area contributed by atoms with Crippen LogP contribution in [0, 0.1) is 0 Å². The number of benzene rings is 1. The predicted molar refractivity (Wildman–Crippen MR) is 60.2 cm³/mol. The lowest BCUT2D eigenvalue weighted by Gasteiger charge is -2.25. The predicted octanol–water partition coefficient (Wildman–Crippen LogP) is 1.76. The van der Waals surface area contributed by atoms with Crippen molar-refractivity contribution in [2.45, 2.75) is 19.4 Å². The smallest absolute Gasteiger partial charge is 0.204 e. The largest absolute Gasteiger partial charge is 0.507 e. The molecule has 0 bridgehead atoms. The summed E-state index contributed by atoms with van der Waals surface area (Å²) in [6, 6.07) is 1.36. The van der Waals surface area contributed by atoms with E-state index in [-0.39, 0.29) is 35.4 Å². The highest BCUT2D eigenvalue weighted by Gasteiger charge is 2.32. The maximum absolute atomic E-state index is 11.8. The van der Waals surface area contributed by atoms with Crippen LogP contribution in [0.3, 0.4) is 0 Å². The van der Waals surface area contributed by atoms with Gasteiger partial charge in [-0.2, -0.15) is 0 Å². The van der Waals surface area contributed by atoms with Crippen molar-refractivity contribution in [2.24, 2.45) is 0 Å². The van der Waals surface area contributed by atoms with Crippen LogP contribution >= 0.6 is 0 Å². The first-order chi connectivity index (χ1) is 8.08. The van der Waals surface area contributed by atoms with Gasteiger partial charge in [-0.1, -0.05) is 0 Å². The highest BCUT2D eigenvalue weighted by atomic mass is 16.5. The van der Waals surface area contributed by atoms with Crippen molar-refractivity contribution in [3.05, 3.63) is 11.6 Å². The summed E-state index contributed by atoms with van der Waals surface area (Å²) in [5.74, 6) is 0.630. The van der Waals surface area contributed by atoms with Crippen molar-refractivity contribution < 1.29 is 24.1 Å². The molecule has 1 unspecified atom stereocenters. The topological polar surface area (TPSA) is 65.0 Å². The molecule has 1 aliphatic rings. The molecule has 2 rings (SSSR count). The van der Waals surface area contributed by atoms with Gasteiger partial charge >= 0.3 is 0 Å². The molecule has 1 aliphatic heterocycles. The summed E-state index contributed by atoms with van der Waals surface area (Å²) < 4.78 is 15.8. The Morgan fingerprint density at radius 1 is 1.41 bits per heavy atom. The number of fused-ring (bicyclic) bond motifs is 1. The van der Waals surface area contributed by atoms with Gasteiger partial charge in [0, 0.05) is 12.5 Å². The third kappa shape index (κ3) is 1.77. The van der Waals surface area contributed by atoms with Gasteiger partial charge in [-0.25, -0.2) is 0 Å². The zero-order valence-electron chi connectivity index (χ0n) is 9.94. The molecule has 5 nitrogen and oxygen atoms in total.